The maximum Gasteiger partial charge on any atom is 0.146 e. The van der Waals surface area contributed by atoms with E-state index in [4.69, 9.17) is 0 Å². The van der Waals surface area contributed by atoms with Gasteiger partial charge in [0, 0.05) is 6.20 Å². The highest BCUT2D eigenvalue weighted by molar-refractivity contribution is 5.81. The van der Waals surface area contributed by atoms with Crippen LogP contribution in [0.4, 0.5) is 0 Å². The molecule has 0 atom stereocenters. The Bertz CT molecular complexity index is 356. The Hall–Kier alpha value is -1.51. The fraction of sp³-hybridized carbons (Fsp3) is 0.364. The average Bonchev–Trinajstić information content (AvgIpc) is 2.14. The second-order valence-electron chi connectivity index (χ2n) is 3.45. The topological polar surface area (TPSA) is 42.9 Å². The molecule has 0 spiro atoms. The summed E-state index contributed by atoms with van der Waals surface area (Å²) in [5.41, 5.74) is 1.54. The summed E-state index contributed by atoms with van der Waals surface area (Å²) in [5, 5.41) is 0. The molecule has 0 amide bonds. The van der Waals surface area contributed by atoms with Crippen LogP contribution in [-0.2, 0) is 4.79 Å². The third kappa shape index (κ3) is 2.76. The number of carbonyl (C=O) groups is 1. The van der Waals surface area contributed by atoms with E-state index in [-0.39, 0.29) is 5.92 Å². The molecule has 74 valence electrons. The van der Waals surface area contributed by atoms with Gasteiger partial charge in [-0.1, -0.05) is 13.8 Å². The molecule has 1 aromatic rings. The summed E-state index contributed by atoms with van der Waals surface area (Å²) in [7, 11) is 0. The zero-order chi connectivity index (χ0) is 10.6. The van der Waals surface area contributed by atoms with Crippen LogP contribution >= 0.6 is 0 Å². The predicted octanol–water partition coefficient (Wildman–Crippen LogP) is 2.02. The van der Waals surface area contributed by atoms with E-state index in [1.807, 2.05) is 20.8 Å². The third-order valence-electron chi connectivity index (χ3n) is 1.91. The summed E-state index contributed by atoms with van der Waals surface area (Å²) < 4.78 is 0. The van der Waals surface area contributed by atoms with Crippen LogP contribution in [0.5, 0.6) is 0 Å². The molecule has 0 aliphatic rings. The highest BCUT2D eigenvalue weighted by Crippen LogP contribution is 2.10. The number of hydrogen-bond acceptors (Lipinski definition) is 3. The van der Waals surface area contributed by atoms with E-state index in [0.717, 1.165) is 17.6 Å². The summed E-state index contributed by atoms with van der Waals surface area (Å²) in [5.74, 6) is 0.940. The Morgan fingerprint density at radius 2 is 2.21 bits per heavy atom. The highest BCUT2D eigenvalue weighted by Gasteiger charge is 2.02. The van der Waals surface area contributed by atoms with E-state index in [2.05, 4.69) is 9.97 Å². The van der Waals surface area contributed by atoms with Crippen molar-refractivity contribution in [1.29, 1.82) is 0 Å². The molecule has 0 bridgehead atoms. The Morgan fingerprint density at radius 3 is 2.71 bits per heavy atom. The minimum atomic E-state index is 0.225. The Morgan fingerprint density at radius 1 is 1.50 bits per heavy atom. The molecule has 1 rings (SSSR count). The highest BCUT2D eigenvalue weighted by atomic mass is 16.1. The van der Waals surface area contributed by atoms with Crippen LogP contribution in [-0.4, -0.2) is 16.3 Å². The van der Waals surface area contributed by atoms with Gasteiger partial charge >= 0.3 is 0 Å². The molecule has 0 aliphatic heterocycles. The van der Waals surface area contributed by atoms with Gasteiger partial charge in [0.25, 0.3) is 0 Å². The summed E-state index contributed by atoms with van der Waals surface area (Å²) in [6.45, 7) is 5.79. The number of nitrogens with zero attached hydrogens (tertiary/aromatic N) is 2. The lowest BCUT2D eigenvalue weighted by atomic mass is 10.0. The van der Waals surface area contributed by atoms with E-state index < -0.39 is 0 Å². The van der Waals surface area contributed by atoms with Crippen LogP contribution < -0.4 is 0 Å². The number of rotatable bonds is 3. The van der Waals surface area contributed by atoms with Crippen LogP contribution in [0.1, 0.15) is 25.4 Å². The standard InChI is InChI=1S/C11H14N2O/c1-8(2)10(7-14)6-11-4-5-12-9(3)13-11/h4-8H,1-3H3/b10-6+. The maximum absolute atomic E-state index is 10.7. The van der Waals surface area contributed by atoms with Gasteiger partial charge in [0.15, 0.2) is 0 Å². The lowest BCUT2D eigenvalue weighted by Gasteiger charge is -2.02. The van der Waals surface area contributed by atoms with E-state index in [9.17, 15) is 4.79 Å². The summed E-state index contributed by atoms with van der Waals surface area (Å²) in [4.78, 5) is 18.9. The maximum atomic E-state index is 10.7. The molecular weight excluding hydrogens is 176 g/mol. The predicted molar refractivity (Wildman–Crippen MR) is 55.6 cm³/mol. The first-order chi connectivity index (χ1) is 6.63. The smallest absolute Gasteiger partial charge is 0.146 e. The largest absolute Gasteiger partial charge is 0.298 e. The Labute approximate surface area is 83.9 Å². The van der Waals surface area contributed by atoms with Crippen molar-refractivity contribution < 1.29 is 4.79 Å². The number of aryl methyl sites for hydroxylation is 1. The number of allylic oxidation sites excluding steroid dienone is 1. The van der Waals surface area contributed by atoms with Gasteiger partial charge in [0.05, 0.1) is 5.69 Å². The number of aldehydes is 1. The van der Waals surface area contributed by atoms with Crippen molar-refractivity contribution in [3.63, 3.8) is 0 Å². The first-order valence-electron chi connectivity index (χ1n) is 4.60. The minimum absolute atomic E-state index is 0.225. The van der Waals surface area contributed by atoms with Crippen molar-refractivity contribution in [3.05, 3.63) is 29.4 Å². The summed E-state index contributed by atoms with van der Waals surface area (Å²) in [6, 6.07) is 1.79. The molecule has 0 unspecified atom stereocenters. The van der Waals surface area contributed by atoms with Crippen molar-refractivity contribution >= 4 is 12.4 Å². The summed E-state index contributed by atoms with van der Waals surface area (Å²) in [6.07, 6.45) is 4.37. The van der Waals surface area contributed by atoms with E-state index >= 15 is 0 Å². The van der Waals surface area contributed by atoms with E-state index in [0.29, 0.717) is 5.82 Å². The Balaban J connectivity index is 3.00. The lowest BCUT2D eigenvalue weighted by Crippen LogP contribution is -1.96. The van der Waals surface area contributed by atoms with Gasteiger partial charge in [-0.2, -0.15) is 0 Å². The van der Waals surface area contributed by atoms with E-state index in [1.165, 1.54) is 0 Å². The normalized spacial score (nSPS) is 11.9. The minimum Gasteiger partial charge on any atom is -0.298 e. The van der Waals surface area contributed by atoms with Gasteiger partial charge in [-0.05, 0) is 30.6 Å². The molecular formula is C11H14N2O. The molecule has 0 radical (unpaired) electrons. The van der Waals surface area contributed by atoms with E-state index in [1.54, 1.807) is 18.3 Å². The Kier molecular flexibility index (Phi) is 3.51. The second kappa shape index (κ2) is 4.65. The molecule has 0 saturated heterocycles. The SMILES string of the molecule is Cc1nccc(/C=C(\C=O)C(C)C)n1. The van der Waals surface area contributed by atoms with Gasteiger partial charge in [-0.15, -0.1) is 0 Å². The quantitative estimate of drug-likeness (QED) is 0.541. The van der Waals surface area contributed by atoms with Crippen molar-refractivity contribution in [2.75, 3.05) is 0 Å². The molecule has 3 heteroatoms. The number of aromatic nitrogens is 2. The fourth-order valence-corrected chi connectivity index (χ4v) is 1.06. The number of carbonyl (C=O) groups excluding carboxylic acids is 1. The van der Waals surface area contributed by atoms with Gasteiger partial charge in [0.1, 0.15) is 12.1 Å². The van der Waals surface area contributed by atoms with Crippen molar-refractivity contribution in [2.45, 2.75) is 20.8 Å². The first-order valence-corrected chi connectivity index (χ1v) is 4.60. The molecule has 1 aromatic heterocycles. The molecule has 14 heavy (non-hydrogen) atoms. The van der Waals surface area contributed by atoms with Crippen molar-refractivity contribution in [2.24, 2.45) is 5.92 Å². The van der Waals surface area contributed by atoms with Gasteiger partial charge in [0.2, 0.25) is 0 Å². The molecule has 3 nitrogen and oxygen atoms in total. The molecule has 0 fully saturated rings. The molecule has 0 aromatic carbocycles. The van der Waals surface area contributed by atoms with Crippen LogP contribution in [0.2, 0.25) is 0 Å². The zero-order valence-corrected chi connectivity index (χ0v) is 8.69. The van der Waals surface area contributed by atoms with Gasteiger partial charge < -0.3 is 0 Å². The fourth-order valence-electron chi connectivity index (χ4n) is 1.06. The molecule has 0 saturated carbocycles. The zero-order valence-electron chi connectivity index (χ0n) is 8.69. The van der Waals surface area contributed by atoms with Crippen LogP contribution in [0.3, 0.4) is 0 Å². The van der Waals surface area contributed by atoms with Crippen LogP contribution in [0.15, 0.2) is 17.8 Å². The van der Waals surface area contributed by atoms with Gasteiger partial charge in [-0.25, -0.2) is 9.97 Å². The van der Waals surface area contributed by atoms with Gasteiger partial charge in [-0.3, -0.25) is 4.79 Å². The number of hydrogen-bond donors (Lipinski definition) is 0. The van der Waals surface area contributed by atoms with Crippen molar-refractivity contribution in [3.8, 4) is 0 Å². The van der Waals surface area contributed by atoms with Crippen molar-refractivity contribution in [1.82, 2.24) is 9.97 Å². The second-order valence-corrected chi connectivity index (χ2v) is 3.45. The van der Waals surface area contributed by atoms with Crippen LogP contribution in [0, 0.1) is 12.8 Å². The third-order valence-corrected chi connectivity index (χ3v) is 1.91. The molecule has 1 heterocycles. The lowest BCUT2D eigenvalue weighted by molar-refractivity contribution is -0.105. The average molecular weight is 190 g/mol. The molecule has 0 aliphatic carbocycles. The molecule has 0 N–H and O–H groups in total. The monoisotopic (exact) mass is 190 g/mol. The first kappa shape index (κ1) is 10.6. The summed E-state index contributed by atoms with van der Waals surface area (Å²) >= 11 is 0. The van der Waals surface area contributed by atoms with Crippen LogP contribution in [0.25, 0.3) is 6.08 Å².